The van der Waals surface area contributed by atoms with E-state index in [-0.39, 0.29) is 12.5 Å². The van der Waals surface area contributed by atoms with Crippen LogP contribution in [-0.4, -0.2) is 50.5 Å². The number of anilines is 1. The number of sulfonamides is 1. The van der Waals surface area contributed by atoms with Gasteiger partial charge in [0.25, 0.3) is 0 Å². The first-order valence-electron chi connectivity index (χ1n) is 10.8. The van der Waals surface area contributed by atoms with Crippen molar-refractivity contribution in [2.24, 2.45) is 0 Å². The maximum absolute atomic E-state index is 13.5. The van der Waals surface area contributed by atoms with Crippen LogP contribution in [0.25, 0.3) is 0 Å². The lowest BCUT2D eigenvalue weighted by Crippen LogP contribution is -2.51. The number of carbonyl (C=O) groups excluding carboxylic acids is 2. The smallest absolute Gasteiger partial charge is 0.244 e. The molecule has 2 rings (SSSR count). The van der Waals surface area contributed by atoms with Crippen molar-refractivity contribution in [2.75, 3.05) is 23.7 Å². The molecule has 0 bridgehead atoms. The van der Waals surface area contributed by atoms with Crippen LogP contribution in [0.1, 0.15) is 37.0 Å². The van der Waals surface area contributed by atoms with Crippen LogP contribution < -0.4 is 9.62 Å². The molecule has 2 amide bonds. The molecule has 0 aliphatic carbocycles. The quantitative estimate of drug-likeness (QED) is 0.547. The fourth-order valence-corrected chi connectivity index (χ4v) is 4.40. The van der Waals surface area contributed by atoms with E-state index < -0.39 is 28.5 Å². The Balaban J connectivity index is 2.40. The molecule has 2 aromatic rings. The van der Waals surface area contributed by atoms with Crippen molar-refractivity contribution >= 4 is 39.1 Å². The maximum atomic E-state index is 13.5. The van der Waals surface area contributed by atoms with Gasteiger partial charge in [-0.2, -0.15) is 0 Å². The molecule has 0 heterocycles. The van der Waals surface area contributed by atoms with E-state index in [0.717, 1.165) is 28.1 Å². The third-order valence-electron chi connectivity index (χ3n) is 5.38. The van der Waals surface area contributed by atoms with E-state index in [0.29, 0.717) is 22.8 Å². The summed E-state index contributed by atoms with van der Waals surface area (Å²) in [6.07, 6.45) is 1.81. The number of aryl methyl sites for hydroxylation is 1. The normalized spacial score (nSPS) is 12.2. The van der Waals surface area contributed by atoms with Crippen LogP contribution in [0.15, 0.2) is 42.5 Å². The highest BCUT2D eigenvalue weighted by Gasteiger charge is 2.30. The second-order valence-corrected chi connectivity index (χ2v) is 10.4. The van der Waals surface area contributed by atoms with Crippen LogP contribution in [0.5, 0.6) is 0 Å². The molecule has 1 N–H and O–H groups in total. The minimum atomic E-state index is -3.80. The Labute approximate surface area is 201 Å². The summed E-state index contributed by atoms with van der Waals surface area (Å²) in [5.74, 6) is -0.776. The lowest BCUT2D eigenvalue weighted by atomic mass is 10.1. The zero-order valence-electron chi connectivity index (χ0n) is 19.8. The van der Waals surface area contributed by atoms with Gasteiger partial charge in [0.2, 0.25) is 21.8 Å². The van der Waals surface area contributed by atoms with Gasteiger partial charge in [-0.05, 0) is 50.5 Å². The summed E-state index contributed by atoms with van der Waals surface area (Å²) in [4.78, 5) is 27.6. The lowest BCUT2D eigenvalue weighted by molar-refractivity contribution is -0.139. The van der Waals surface area contributed by atoms with Crippen LogP contribution in [-0.2, 0) is 26.2 Å². The number of amides is 2. The van der Waals surface area contributed by atoms with Gasteiger partial charge in [-0.25, -0.2) is 8.42 Å². The van der Waals surface area contributed by atoms with Crippen LogP contribution in [0, 0.1) is 13.8 Å². The SMILES string of the molecule is CCCNC(=O)[C@H](C)N(Cc1ccc(C)cc1)C(=O)CN(c1cccc(Cl)c1C)S(C)(=O)=O. The minimum absolute atomic E-state index is 0.173. The third-order valence-corrected chi connectivity index (χ3v) is 6.91. The first-order valence-corrected chi connectivity index (χ1v) is 13.0. The van der Waals surface area contributed by atoms with Gasteiger partial charge in [0.05, 0.1) is 11.9 Å². The predicted molar refractivity (Wildman–Crippen MR) is 133 cm³/mol. The molecular weight excluding hydrogens is 462 g/mol. The lowest BCUT2D eigenvalue weighted by Gasteiger charge is -2.32. The van der Waals surface area contributed by atoms with Gasteiger partial charge in [-0.15, -0.1) is 0 Å². The Morgan fingerprint density at radius 3 is 2.30 bits per heavy atom. The van der Waals surface area contributed by atoms with Crippen molar-refractivity contribution in [3.63, 3.8) is 0 Å². The third kappa shape index (κ3) is 7.20. The molecule has 0 radical (unpaired) electrons. The van der Waals surface area contributed by atoms with Crippen molar-refractivity contribution in [1.82, 2.24) is 10.2 Å². The molecule has 9 heteroatoms. The number of hydrogen-bond acceptors (Lipinski definition) is 4. The number of nitrogens with zero attached hydrogens (tertiary/aromatic N) is 2. The van der Waals surface area contributed by atoms with Crippen molar-refractivity contribution in [1.29, 1.82) is 0 Å². The summed E-state index contributed by atoms with van der Waals surface area (Å²) in [5.41, 5.74) is 2.80. The van der Waals surface area contributed by atoms with Crippen LogP contribution in [0.2, 0.25) is 5.02 Å². The van der Waals surface area contributed by atoms with Gasteiger partial charge >= 0.3 is 0 Å². The number of rotatable bonds is 10. The summed E-state index contributed by atoms with van der Waals surface area (Å²) in [6.45, 7) is 7.47. The molecule has 0 saturated heterocycles. The Hall–Kier alpha value is -2.58. The van der Waals surface area contributed by atoms with Crippen LogP contribution in [0.3, 0.4) is 0 Å². The number of hydrogen-bond donors (Lipinski definition) is 1. The van der Waals surface area contributed by atoms with Gasteiger partial charge in [0, 0.05) is 18.1 Å². The van der Waals surface area contributed by atoms with E-state index in [9.17, 15) is 18.0 Å². The Morgan fingerprint density at radius 1 is 1.09 bits per heavy atom. The molecule has 0 aliphatic heterocycles. The molecule has 0 aliphatic rings. The van der Waals surface area contributed by atoms with Gasteiger partial charge < -0.3 is 10.2 Å². The molecule has 0 aromatic heterocycles. The van der Waals surface area contributed by atoms with E-state index >= 15 is 0 Å². The fraction of sp³-hybridized carbons (Fsp3) is 0.417. The molecule has 0 fully saturated rings. The van der Waals surface area contributed by atoms with E-state index in [1.807, 2.05) is 38.1 Å². The number of carbonyl (C=O) groups is 2. The highest BCUT2D eigenvalue weighted by molar-refractivity contribution is 7.92. The first kappa shape index (κ1) is 26.7. The number of benzene rings is 2. The molecule has 33 heavy (non-hydrogen) atoms. The predicted octanol–water partition coefficient (Wildman–Crippen LogP) is 3.67. The summed E-state index contributed by atoms with van der Waals surface area (Å²) in [6, 6.07) is 11.8. The number of halogens is 1. The standard InChI is InChI=1S/C24H32ClN3O4S/c1-6-14-26-24(30)19(4)27(15-20-12-10-17(2)11-13-20)23(29)16-28(33(5,31)32)22-9-7-8-21(25)18(22)3/h7-13,19H,6,14-16H2,1-5H3,(H,26,30)/t19-/m0/s1. The Kier molecular flexibility index (Phi) is 9.31. The largest absolute Gasteiger partial charge is 0.354 e. The van der Waals surface area contributed by atoms with Crippen LogP contribution in [0.4, 0.5) is 5.69 Å². The van der Waals surface area contributed by atoms with E-state index in [4.69, 9.17) is 11.6 Å². The Bertz CT molecular complexity index is 1090. The summed E-state index contributed by atoms with van der Waals surface area (Å²) < 4.78 is 26.3. The topological polar surface area (TPSA) is 86.8 Å². The van der Waals surface area contributed by atoms with Crippen molar-refractivity contribution < 1.29 is 18.0 Å². The average Bonchev–Trinajstić information content (AvgIpc) is 2.76. The molecule has 1 atom stereocenters. The highest BCUT2D eigenvalue weighted by Crippen LogP contribution is 2.28. The molecular formula is C24H32ClN3O4S. The zero-order valence-corrected chi connectivity index (χ0v) is 21.3. The molecule has 0 saturated carbocycles. The average molecular weight is 494 g/mol. The molecule has 0 unspecified atom stereocenters. The van der Waals surface area contributed by atoms with Crippen molar-refractivity contribution in [2.45, 2.75) is 46.7 Å². The monoisotopic (exact) mass is 493 g/mol. The summed E-state index contributed by atoms with van der Waals surface area (Å²) in [7, 11) is -3.80. The maximum Gasteiger partial charge on any atom is 0.244 e. The van der Waals surface area contributed by atoms with Crippen molar-refractivity contribution in [3.05, 3.63) is 64.2 Å². The summed E-state index contributed by atoms with van der Waals surface area (Å²) in [5, 5.41) is 3.21. The minimum Gasteiger partial charge on any atom is -0.354 e. The van der Waals surface area contributed by atoms with E-state index in [1.165, 1.54) is 4.90 Å². The summed E-state index contributed by atoms with van der Waals surface area (Å²) >= 11 is 6.20. The molecule has 2 aromatic carbocycles. The molecule has 7 nitrogen and oxygen atoms in total. The van der Waals surface area contributed by atoms with Gasteiger partial charge in [-0.1, -0.05) is 54.4 Å². The molecule has 0 spiro atoms. The van der Waals surface area contributed by atoms with Gasteiger partial charge in [-0.3, -0.25) is 13.9 Å². The zero-order chi connectivity index (χ0) is 24.8. The highest BCUT2D eigenvalue weighted by atomic mass is 35.5. The second kappa shape index (κ2) is 11.5. The van der Waals surface area contributed by atoms with Crippen molar-refractivity contribution in [3.8, 4) is 0 Å². The van der Waals surface area contributed by atoms with Gasteiger partial charge in [0.1, 0.15) is 12.6 Å². The van der Waals surface area contributed by atoms with Crippen LogP contribution >= 0.6 is 11.6 Å². The second-order valence-electron chi connectivity index (χ2n) is 8.13. The number of nitrogens with one attached hydrogen (secondary N) is 1. The van der Waals surface area contributed by atoms with E-state index in [1.54, 1.807) is 32.0 Å². The first-order chi connectivity index (χ1) is 15.5. The van der Waals surface area contributed by atoms with E-state index in [2.05, 4.69) is 5.32 Å². The fourth-order valence-electron chi connectivity index (χ4n) is 3.33. The Morgan fingerprint density at radius 2 is 1.73 bits per heavy atom. The van der Waals surface area contributed by atoms with Gasteiger partial charge in [0.15, 0.2) is 0 Å². The molecule has 180 valence electrons.